The van der Waals surface area contributed by atoms with Crippen LogP contribution in [0.5, 0.6) is 0 Å². The number of carbonyl (C=O) groups is 1. The van der Waals surface area contributed by atoms with E-state index in [1.54, 1.807) is 12.1 Å². The largest absolute Gasteiger partial charge is 0.349 e. The maximum atomic E-state index is 13.9. The molecule has 0 heterocycles. The zero-order valence-electron chi connectivity index (χ0n) is 11.3. The molecule has 0 aliphatic rings. The van der Waals surface area contributed by atoms with E-state index in [0.717, 1.165) is 0 Å². The molecule has 1 unspecified atom stereocenters. The normalized spacial score (nSPS) is 13.2. The summed E-state index contributed by atoms with van der Waals surface area (Å²) in [4.78, 5) is 12.1. The van der Waals surface area contributed by atoms with Crippen molar-refractivity contribution in [3.63, 3.8) is 0 Å². The van der Waals surface area contributed by atoms with Gasteiger partial charge in [-0.15, -0.1) is 11.6 Å². The average molecular weight is 351 g/mol. The van der Waals surface area contributed by atoms with E-state index in [9.17, 15) is 9.18 Å². The molecule has 0 aromatic heterocycles. The average Bonchev–Trinajstić information content (AvgIpc) is 2.30. The van der Waals surface area contributed by atoms with Crippen molar-refractivity contribution in [1.82, 2.24) is 5.32 Å². The van der Waals surface area contributed by atoms with Crippen molar-refractivity contribution in [2.24, 2.45) is 5.41 Å². The summed E-state index contributed by atoms with van der Waals surface area (Å²) < 4.78 is 14.1. The van der Waals surface area contributed by atoms with Gasteiger partial charge in [0.1, 0.15) is 5.82 Å². The van der Waals surface area contributed by atoms with E-state index in [4.69, 9.17) is 11.6 Å². The summed E-state index contributed by atoms with van der Waals surface area (Å²) in [5, 5.41) is 2.86. The first kappa shape index (κ1) is 16.4. The molecule has 106 valence electrons. The Bertz CT molecular complexity index is 459. The summed E-state index contributed by atoms with van der Waals surface area (Å²) in [7, 11) is 0. The Morgan fingerprint density at radius 2 is 2.11 bits per heavy atom. The van der Waals surface area contributed by atoms with Crippen molar-refractivity contribution in [3.8, 4) is 0 Å². The van der Waals surface area contributed by atoms with Gasteiger partial charge in [0, 0.05) is 11.9 Å². The van der Waals surface area contributed by atoms with Gasteiger partial charge >= 0.3 is 0 Å². The molecule has 0 aliphatic carbocycles. The molecule has 1 N–H and O–H groups in total. The highest BCUT2D eigenvalue weighted by atomic mass is 79.9. The Morgan fingerprint density at radius 3 is 2.63 bits per heavy atom. The van der Waals surface area contributed by atoms with E-state index in [0.29, 0.717) is 12.3 Å². The predicted octanol–water partition coefficient (Wildman–Crippen LogP) is 4.36. The van der Waals surface area contributed by atoms with Crippen molar-refractivity contribution in [2.45, 2.75) is 33.2 Å². The molecule has 2 nitrogen and oxygen atoms in total. The summed E-state index contributed by atoms with van der Waals surface area (Å²) >= 11 is 8.83. The molecule has 1 aromatic carbocycles. The van der Waals surface area contributed by atoms with Gasteiger partial charge in [-0.05, 0) is 39.9 Å². The van der Waals surface area contributed by atoms with Gasteiger partial charge in [0.15, 0.2) is 0 Å². The van der Waals surface area contributed by atoms with Gasteiger partial charge in [0.05, 0.1) is 10.0 Å². The second-order valence-corrected chi connectivity index (χ2v) is 6.70. The molecular weight excluding hydrogens is 333 g/mol. The molecule has 0 saturated heterocycles. The second kappa shape index (κ2) is 6.71. The van der Waals surface area contributed by atoms with Crippen LogP contribution in [0.3, 0.4) is 0 Å². The molecule has 19 heavy (non-hydrogen) atoms. The van der Waals surface area contributed by atoms with E-state index in [1.807, 2.05) is 20.8 Å². The summed E-state index contributed by atoms with van der Waals surface area (Å²) in [6, 6.07) is 4.56. The molecule has 0 fully saturated rings. The smallest absolute Gasteiger partial charge is 0.254 e. The monoisotopic (exact) mass is 349 g/mol. The van der Waals surface area contributed by atoms with E-state index in [-0.39, 0.29) is 21.5 Å². The lowest BCUT2D eigenvalue weighted by atomic mass is 9.85. The van der Waals surface area contributed by atoms with Crippen molar-refractivity contribution >= 4 is 33.4 Å². The van der Waals surface area contributed by atoms with Gasteiger partial charge < -0.3 is 5.32 Å². The maximum absolute atomic E-state index is 13.9. The fraction of sp³-hybridized carbons (Fsp3) is 0.500. The lowest BCUT2D eigenvalue weighted by molar-refractivity contribution is 0.0896. The molecule has 1 rings (SSSR count). The Kier molecular flexibility index (Phi) is 5.81. The number of carbonyl (C=O) groups excluding carboxylic acids is 1. The molecule has 0 aliphatic heterocycles. The van der Waals surface area contributed by atoms with Gasteiger partial charge in [-0.1, -0.05) is 26.8 Å². The lowest BCUT2D eigenvalue weighted by Gasteiger charge is -2.31. The molecule has 0 radical (unpaired) electrons. The second-order valence-electron chi connectivity index (χ2n) is 5.47. The Balaban J connectivity index is 2.91. The number of hydrogen-bond acceptors (Lipinski definition) is 1. The van der Waals surface area contributed by atoms with E-state index < -0.39 is 11.7 Å². The maximum Gasteiger partial charge on any atom is 0.254 e. The van der Waals surface area contributed by atoms with Gasteiger partial charge in [-0.2, -0.15) is 0 Å². The third-order valence-corrected chi connectivity index (χ3v) is 3.78. The first-order valence-corrected chi connectivity index (χ1v) is 7.41. The molecular formula is C14H18BrClFNO. The fourth-order valence-corrected chi connectivity index (χ4v) is 2.33. The zero-order valence-corrected chi connectivity index (χ0v) is 13.6. The van der Waals surface area contributed by atoms with E-state index in [1.165, 1.54) is 6.07 Å². The molecule has 0 bridgehead atoms. The minimum Gasteiger partial charge on any atom is -0.349 e. The van der Waals surface area contributed by atoms with Crippen LogP contribution in [0, 0.1) is 11.2 Å². The number of amides is 1. The molecule has 0 spiro atoms. The highest BCUT2D eigenvalue weighted by Gasteiger charge is 2.27. The highest BCUT2D eigenvalue weighted by molar-refractivity contribution is 9.10. The Morgan fingerprint density at radius 1 is 1.47 bits per heavy atom. The zero-order chi connectivity index (χ0) is 14.6. The van der Waals surface area contributed by atoms with E-state index in [2.05, 4.69) is 21.2 Å². The first-order chi connectivity index (χ1) is 8.77. The van der Waals surface area contributed by atoms with Crippen LogP contribution in [0.25, 0.3) is 0 Å². The molecule has 1 aromatic rings. The van der Waals surface area contributed by atoms with Gasteiger partial charge in [0.2, 0.25) is 0 Å². The standard InChI is InChI=1S/C14H18BrClFNO/c1-14(2,3)11(7-8-16)18-13(19)9-5-4-6-10(15)12(9)17/h4-6,11H,7-8H2,1-3H3,(H,18,19). The number of rotatable bonds is 4. The minimum atomic E-state index is -0.543. The van der Waals surface area contributed by atoms with Crippen LogP contribution in [-0.2, 0) is 0 Å². The van der Waals surface area contributed by atoms with Gasteiger partial charge in [0.25, 0.3) is 5.91 Å². The van der Waals surface area contributed by atoms with Crippen LogP contribution in [0.1, 0.15) is 37.6 Å². The fourth-order valence-electron chi connectivity index (χ4n) is 1.75. The number of halogens is 3. The van der Waals surface area contributed by atoms with Crippen molar-refractivity contribution in [3.05, 3.63) is 34.1 Å². The quantitative estimate of drug-likeness (QED) is 0.803. The predicted molar refractivity (Wildman–Crippen MR) is 80.1 cm³/mol. The highest BCUT2D eigenvalue weighted by Crippen LogP contribution is 2.24. The SMILES string of the molecule is CC(C)(C)C(CCCl)NC(=O)c1cccc(Br)c1F. The van der Waals surface area contributed by atoms with Gasteiger partial charge in [-0.3, -0.25) is 4.79 Å². The third-order valence-electron chi connectivity index (χ3n) is 2.94. The number of hydrogen-bond donors (Lipinski definition) is 1. The minimum absolute atomic E-state index is 0.0400. The molecule has 0 saturated carbocycles. The van der Waals surface area contributed by atoms with Crippen LogP contribution in [-0.4, -0.2) is 17.8 Å². The van der Waals surface area contributed by atoms with Crippen molar-refractivity contribution in [2.75, 3.05) is 5.88 Å². The molecule has 1 amide bonds. The van der Waals surface area contributed by atoms with Crippen LogP contribution in [0.2, 0.25) is 0 Å². The number of benzene rings is 1. The summed E-state index contributed by atoms with van der Waals surface area (Å²) in [6.07, 6.45) is 0.645. The summed E-state index contributed by atoms with van der Waals surface area (Å²) in [6.45, 7) is 6.05. The van der Waals surface area contributed by atoms with Crippen LogP contribution < -0.4 is 5.32 Å². The van der Waals surface area contributed by atoms with Crippen LogP contribution in [0.4, 0.5) is 4.39 Å². The topological polar surface area (TPSA) is 29.1 Å². The Labute approximate surface area is 126 Å². The van der Waals surface area contributed by atoms with Crippen LogP contribution in [0.15, 0.2) is 22.7 Å². The molecule has 5 heteroatoms. The van der Waals surface area contributed by atoms with Crippen LogP contribution >= 0.6 is 27.5 Å². The summed E-state index contributed by atoms with van der Waals surface area (Å²) in [5.41, 5.74) is -0.0919. The van der Waals surface area contributed by atoms with Crippen molar-refractivity contribution < 1.29 is 9.18 Å². The number of nitrogens with one attached hydrogen (secondary N) is 1. The Hall–Kier alpha value is -0.610. The van der Waals surface area contributed by atoms with Gasteiger partial charge in [-0.25, -0.2) is 4.39 Å². The third kappa shape index (κ3) is 4.46. The van der Waals surface area contributed by atoms with E-state index >= 15 is 0 Å². The summed E-state index contributed by atoms with van der Waals surface area (Å²) in [5.74, 6) is -0.509. The molecule has 1 atom stereocenters. The lowest BCUT2D eigenvalue weighted by Crippen LogP contribution is -2.44. The first-order valence-electron chi connectivity index (χ1n) is 6.08. The van der Waals surface area contributed by atoms with Crippen molar-refractivity contribution in [1.29, 1.82) is 0 Å². The number of alkyl halides is 1.